The van der Waals surface area contributed by atoms with Crippen LogP contribution in [0.5, 0.6) is 5.75 Å². The average molecular weight is 373 g/mol. The maximum atomic E-state index is 13.3. The van der Waals surface area contributed by atoms with E-state index in [1.165, 1.54) is 0 Å². The highest BCUT2D eigenvalue weighted by Crippen LogP contribution is 2.40. The van der Waals surface area contributed by atoms with E-state index in [4.69, 9.17) is 4.74 Å². The average Bonchev–Trinajstić information content (AvgIpc) is 3.02. The number of ether oxygens (including phenoxy) is 1. The number of hydrogen-bond acceptors (Lipinski definition) is 4. The Balaban J connectivity index is 1.85. The van der Waals surface area contributed by atoms with Gasteiger partial charge in [-0.05, 0) is 31.2 Å². The molecule has 0 radical (unpaired) electrons. The van der Waals surface area contributed by atoms with Gasteiger partial charge in [0.15, 0.2) is 0 Å². The van der Waals surface area contributed by atoms with Crippen LogP contribution in [0.2, 0.25) is 0 Å². The quantitative estimate of drug-likeness (QED) is 0.767. The van der Waals surface area contributed by atoms with Crippen molar-refractivity contribution in [1.29, 1.82) is 0 Å². The van der Waals surface area contributed by atoms with E-state index in [1.807, 2.05) is 34.1 Å². The molecule has 2 heterocycles. The third kappa shape index (κ3) is 4.26. The van der Waals surface area contributed by atoms with Crippen molar-refractivity contribution in [2.24, 2.45) is 5.92 Å². The molecule has 1 aromatic rings. The molecular formula is C21H31N3O3. The summed E-state index contributed by atoms with van der Waals surface area (Å²) in [5.74, 6) is 0.698. The van der Waals surface area contributed by atoms with Gasteiger partial charge in [0.2, 0.25) is 11.8 Å². The van der Waals surface area contributed by atoms with Gasteiger partial charge in [-0.15, -0.1) is 0 Å². The number of hydrogen-bond donors (Lipinski definition) is 0. The number of likely N-dealkylation sites (N-methyl/N-ethyl adjacent to an activating group) is 1. The molecule has 2 unspecified atom stereocenters. The summed E-state index contributed by atoms with van der Waals surface area (Å²) in [6.45, 7) is 6.08. The number of piperazine rings is 1. The summed E-state index contributed by atoms with van der Waals surface area (Å²) in [6, 6.07) is 7.62. The van der Waals surface area contributed by atoms with Crippen molar-refractivity contribution in [1.82, 2.24) is 14.7 Å². The van der Waals surface area contributed by atoms with Gasteiger partial charge < -0.3 is 19.4 Å². The van der Waals surface area contributed by atoms with Crippen LogP contribution in [0.25, 0.3) is 0 Å². The van der Waals surface area contributed by atoms with E-state index in [9.17, 15) is 9.59 Å². The van der Waals surface area contributed by atoms with Gasteiger partial charge in [-0.1, -0.05) is 25.5 Å². The highest BCUT2D eigenvalue weighted by molar-refractivity contribution is 5.90. The van der Waals surface area contributed by atoms with Gasteiger partial charge in [-0.2, -0.15) is 0 Å². The van der Waals surface area contributed by atoms with Crippen LogP contribution in [0.4, 0.5) is 0 Å². The first-order chi connectivity index (χ1) is 13.0. The molecular weight excluding hydrogens is 342 g/mol. The van der Waals surface area contributed by atoms with Gasteiger partial charge in [-0.3, -0.25) is 9.59 Å². The van der Waals surface area contributed by atoms with Crippen molar-refractivity contribution in [2.75, 3.05) is 46.9 Å². The molecule has 0 bridgehead atoms. The van der Waals surface area contributed by atoms with Crippen LogP contribution in [0.15, 0.2) is 24.3 Å². The molecule has 2 amide bonds. The second-order valence-electron chi connectivity index (χ2n) is 7.60. The number of rotatable bonds is 6. The zero-order valence-corrected chi connectivity index (χ0v) is 16.7. The molecule has 6 nitrogen and oxygen atoms in total. The predicted molar refractivity (Wildman–Crippen MR) is 105 cm³/mol. The van der Waals surface area contributed by atoms with Gasteiger partial charge in [0.1, 0.15) is 5.75 Å². The molecule has 2 atom stereocenters. The molecule has 2 aliphatic rings. The molecule has 2 saturated heterocycles. The Bertz CT molecular complexity index is 653. The Morgan fingerprint density at radius 1 is 1.15 bits per heavy atom. The molecule has 6 heteroatoms. The molecule has 0 spiro atoms. The van der Waals surface area contributed by atoms with Crippen LogP contribution in [-0.4, -0.2) is 73.4 Å². The molecule has 148 valence electrons. The summed E-state index contributed by atoms with van der Waals surface area (Å²) in [5, 5.41) is 0. The Kier molecular flexibility index (Phi) is 6.37. The summed E-state index contributed by atoms with van der Waals surface area (Å²) in [6.07, 6.45) is 2.29. The lowest BCUT2D eigenvalue weighted by Crippen LogP contribution is -2.49. The lowest BCUT2D eigenvalue weighted by atomic mass is 9.92. The monoisotopic (exact) mass is 373 g/mol. The van der Waals surface area contributed by atoms with Crippen molar-refractivity contribution < 1.29 is 14.3 Å². The molecule has 2 fully saturated rings. The summed E-state index contributed by atoms with van der Waals surface area (Å²) in [7, 11) is 3.72. The summed E-state index contributed by atoms with van der Waals surface area (Å²) in [5.41, 5.74) is 1.02. The van der Waals surface area contributed by atoms with Crippen molar-refractivity contribution >= 4 is 11.8 Å². The summed E-state index contributed by atoms with van der Waals surface area (Å²) in [4.78, 5) is 32.1. The SMILES string of the molecule is CCCCN1C(=O)CC(C(=O)N2CCN(C)CC2)C1c1ccc(OC)cc1. The molecule has 0 aliphatic carbocycles. The molecule has 0 saturated carbocycles. The van der Waals surface area contributed by atoms with E-state index in [0.29, 0.717) is 13.0 Å². The minimum atomic E-state index is -0.300. The maximum absolute atomic E-state index is 13.3. The maximum Gasteiger partial charge on any atom is 0.228 e. The number of carbonyl (C=O) groups is 2. The van der Waals surface area contributed by atoms with Crippen LogP contribution in [0.3, 0.4) is 0 Å². The van der Waals surface area contributed by atoms with Gasteiger partial charge in [0, 0.05) is 39.1 Å². The van der Waals surface area contributed by atoms with E-state index in [1.54, 1.807) is 7.11 Å². The fourth-order valence-electron chi connectivity index (χ4n) is 4.08. The Labute approximate surface area is 162 Å². The predicted octanol–water partition coefficient (Wildman–Crippen LogP) is 2.16. The molecule has 2 aliphatic heterocycles. The number of unbranched alkanes of at least 4 members (excludes halogenated alkanes) is 1. The number of benzene rings is 1. The minimum absolute atomic E-state index is 0.0942. The normalized spacial score (nSPS) is 23.7. The highest BCUT2D eigenvalue weighted by Gasteiger charge is 2.45. The van der Waals surface area contributed by atoms with Crippen LogP contribution in [0, 0.1) is 5.92 Å². The summed E-state index contributed by atoms with van der Waals surface area (Å²) < 4.78 is 5.26. The topological polar surface area (TPSA) is 53.1 Å². The summed E-state index contributed by atoms with van der Waals surface area (Å²) >= 11 is 0. The van der Waals surface area contributed by atoms with Gasteiger partial charge in [0.25, 0.3) is 0 Å². The molecule has 1 aromatic carbocycles. The van der Waals surface area contributed by atoms with Crippen molar-refractivity contribution in [3.8, 4) is 5.75 Å². The Morgan fingerprint density at radius 2 is 1.81 bits per heavy atom. The fourth-order valence-corrected chi connectivity index (χ4v) is 4.08. The molecule has 3 rings (SSSR count). The van der Waals surface area contributed by atoms with E-state index in [2.05, 4.69) is 18.9 Å². The lowest BCUT2D eigenvalue weighted by molar-refractivity contribution is -0.138. The number of amides is 2. The first-order valence-electron chi connectivity index (χ1n) is 9.96. The van der Waals surface area contributed by atoms with Crippen molar-refractivity contribution in [3.63, 3.8) is 0 Å². The van der Waals surface area contributed by atoms with E-state index in [-0.39, 0.29) is 23.8 Å². The molecule has 0 N–H and O–H groups in total. The fraction of sp³-hybridized carbons (Fsp3) is 0.619. The first-order valence-corrected chi connectivity index (χ1v) is 9.96. The Morgan fingerprint density at radius 3 is 2.41 bits per heavy atom. The molecule has 27 heavy (non-hydrogen) atoms. The largest absolute Gasteiger partial charge is 0.497 e. The minimum Gasteiger partial charge on any atom is -0.497 e. The van der Waals surface area contributed by atoms with Crippen molar-refractivity contribution in [2.45, 2.75) is 32.2 Å². The smallest absolute Gasteiger partial charge is 0.228 e. The molecule has 0 aromatic heterocycles. The number of methoxy groups -OCH3 is 1. The van der Waals surface area contributed by atoms with Crippen LogP contribution < -0.4 is 4.74 Å². The van der Waals surface area contributed by atoms with E-state index < -0.39 is 0 Å². The van der Waals surface area contributed by atoms with E-state index in [0.717, 1.165) is 50.3 Å². The number of carbonyl (C=O) groups excluding carboxylic acids is 2. The van der Waals surface area contributed by atoms with Gasteiger partial charge in [0.05, 0.1) is 19.1 Å². The lowest BCUT2D eigenvalue weighted by Gasteiger charge is -2.36. The highest BCUT2D eigenvalue weighted by atomic mass is 16.5. The Hall–Kier alpha value is -2.08. The standard InChI is InChI=1S/C21H31N3O3/c1-4-5-10-24-19(25)15-18(21(26)23-13-11-22(2)12-14-23)20(24)16-6-8-17(27-3)9-7-16/h6-9,18,20H,4-5,10-15H2,1-3H3. The third-order valence-electron chi connectivity index (χ3n) is 5.77. The van der Waals surface area contributed by atoms with Crippen LogP contribution >= 0.6 is 0 Å². The zero-order valence-electron chi connectivity index (χ0n) is 16.7. The third-order valence-corrected chi connectivity index (χ3v) is 5.77. The van der Waals surface area contributed by atoms with Crippen LogP contribution in [0.1, 0.15) is 37.8 Å². The second-order valence-corrected chi connectivity index (χ2v) is 7.60. The van der Waals surface area contributed by atoms with Gasteiger partial charge in [-0.25, -0.2) is 0 Å². The van der Waals surface area contributed by atoms with E-state index >= 15 is 0 Å². The second kappa shape index (κ2) is 8.74. The van der Waals surface area contributed by atoms with Gasteiger partial charge >= 0.3 is 0 Å². The number of nitrogens with zero attached hydrogens (tertiary/aromatic N) is 3. The van der Waals surface area contributed by atoms with Crippen LogP contribution in [-0.2, 0) is 9.59 Å². The first kappa shape index (κ1) is 19.7. The zero-order chi connectivity index (χ0) is 19.4. The number of likely N-dealkylation sites (tertiary alicyclic amines) is 1. The van der Waals surface area contributed by atoms with Crippen molar-refractivity contribution in [3.05, 3.63) is 29.8 Å².